The van der Waals surface area contributed by atoms with Crippen LogP contribution in [0, 0.1) is 23.2 Å². The maximum absolute atomic E-state index is 11.8. The van der Waals surface area contributed by atoms with Crippen molar-refractivity contribution in [2.75, 3.05) is 85.6 Å². The van der Waals surface area contributed by atoms with Crippen LogP contribution in [0.25, 0.3) is 0 Å². The summed E-state index contributed by atoms with van der Waals surface area (Å²) in [7, 11) is 1.74. The Morgan fingerprint density at radius 1 is 1.05 bits per heavy atom. The monoisotopic (exact) mass is 525 g/mol. The van der Waals surface area contributed by atoms with Gasteiger partial charge in [-0.2, -0.15) is 5.26 Å². The number of piperidine rings is 2. The quantitative estimate of drug-likeness (QED) is 0.488. The molecule has 0 aromatic heterocycles. The summed E-state index contributed by atoms with van der Waals surface area (Å²) in [5.74, 6) is 2.13. The van der Waals surface area contributed by atoms with E-state index in [4.69, 9.17) is 15.7 Å². The number of carbonyl (C=O) groups excluding carboxylic acids is 2. The van der Waals surface area contributed by atoms with Gasteiger partial charge in [0.2, 0.25) is 5.91 Å². The fourth-order valence-electron chi connectivity index (χ4n) is 6.21. The SMILES string of the molecule is CC(=O)N1CCN(CCCN2CC3CC(C2)CN(C(COc2ccc(C#N)cc2)CN(C)C(N)=O)C3)CC1. The van der Waals surface area contributed by atoms with Crippen molar-refractivity contribution in [3.63, 3.8) is 0 Å². The van der Waals surface area contributed by atoms with E-state index in [-0.39, 0.29) is 11.9 Å². The van der Waals surface area contributed by atoms with Gasteiger partial charge in [0.05, 0.1) is 17.7 Å². The van der Waals surface area contributed by atoms with Gasteiger partial charge >= 0.3 is 6.03 Å². The average molecular weight is 526 g/mol. The number of piperazine rings is 1. The first-order valence-electron chi connectivity index (χ1n) is 13.9. The molecule has 10 nitrogen and oxygen atoms in total. The van der Waals surface area contributed by atoms with E-state index in [2.05, 4.69) is 20.8 Å². The van der Waals surface area contributed by atoms with Gasteiger partial charge in [-0.15, -0.1) is 0 Å². The van der Waals surface area contributed by atoms with Gasteiger partial charge in [-0.05, 0) is 62.0 Å². The van der Waals surface area contributed by atoms with Crippen LogP contribution in [-0.2, 0) is 4.79 Å². The summed E-state index contributed by atoms with van der Waals surface area (Å²) in [4.78, 5) is 34.5. The minimum atomic E-state index is -0.431. The second kappa shape index (κ2) is 13.3. The lowest BCUT2D eigenvalue weighted by Gasteiger charge is -2.48. The fraction of sp³-hybridized carbons (Fsp3) is 0.679. The van der Waals surface area contributed by atoms with Crippen molar-refractivity contribution in [1.82, 2.24) is 24.5 Å². The van der Waals surface area contributed by atoms with Crippen molar-refractivity contribution in [3.8, 4) is 11.8 Å². The number of nitrogens with two attached hydrogens (primary N) is 1. The van der Waals surface area contributed by atoms with Crippen LogP contribution in [0.15, 0.2) is 24.3 Å². The number of rotatable bonds is 10. The number of urea groups is 1. The van der Waals surface area contributed by atoms with Crippen molar-refractivity contribution < 1.29 is 14.3 Å². The van der Waals surface area contributed by atoms with Gasteiger partial charge in [-0.1, -0.05) is 0 Å². The third kappa shape index (κ3) is 7.82. The number of likely N-dealkylation sites (tertiary alicyclic amines) is 2. The smallest absolute Gasteiger partial charge is 0.314 e. The zero-order chi connectivity index (χ0) is 27.1. The highest BCUT2D eigenvalue weighted by atomic mass is 16.5. The van der Waals surface area contributed by atoms with E-state index in [1.807, 2.05) is 17.0 Å². The normalized spacial score (nSPS) is 23.4. The van der Waals surface area contributed by atoms with Crippen LogP contribution in [0.1, 0.15) is 25.3 Å². The van der Waals surface area contributed by atoms with Gasteiger partial charge in [0.15, 0.2) is 0 Å². The molecule has 0 spiro atoms. The van der Waals surface area contributed by atoms with E-state index in [9.17, 15) is 9.59 Å². The number of likely N-dealkylation sites (N-methyl/N-ethyl adjacent to an activating group) is 1. The summed E-state index contributed by atoms with van der Waals surface area (Å²) in [6.45, 7) is 12.7. The average Bonchev–Trinajstić information content (AvgIpc) is 2.91. The predicted octanol–water partition coefficient (Wildman–Crippen LogP) is 1.12. The Kier molecular flexibility index (Phi) is 9.83. The Hall–Kier alpha value is -2.87. The van der Waals surface area contributed by atoms with Crippen LogP contribution in [0.4, 0.5) is 4.79 Å². The number of benzene rings is 1. The Morgan fingerprint density at radius 3 is 2.26 bits per heavy atom. The summed E-state index contributed by atoms with van der Waals surface area (Å²) in [6, 6.07) is 8.90. The standard InChI is InChI=1S/C28H43N7O3/c1-22(36)34-12-10-32(11-13-34)8-3-9-33-16-24-14-25(17-33)19-35(18-24)26(20-31(2)28(30)37)21-38-27-6-4-23(15-29)5-7-27/h4-7,24-26H,3,8-14,16-21H2,1-2H3,(H2,30,37). The number of nitriles is 1. The van der Waals surface area contributed by atoms with E-state index in [1.165, 1.54) is 6.42 Å². The molecule has 3 atom stereocenters. The van der Waals surface area contributed by atoms with E-state index in [0.717, 1.165) is 77.6 Å². The molecule has 208 valence electrons. The Morgan fingerprint density at radius 2 is 1.68 bits per heavy atom. The molecule has 3 aliphatic rings. The van der Waals surface area contributed by atoms with Crippen LogP contribution >= 0.6 is 0 Å². The maximum atomic E-state index is 11.8. The number of ether oxygens (including phenoxy) is 1. The largest absolute Gasteiger partial charge is 0.492 e. The highest BCUT2D eigenvalue weighted by Gasteiger charge is 2.37. The zero-order valence-electron chi connectivity index (χ0n) is 22.9. The number of primary amides is 1. The summed E-state index contributed by atoms with van der Waals surface area (Å²) in [5.41, 5.74) is 6.16. The first-order valence-corrected chi connectivity index (χ1v) is 13.9. The summed E-state index contributed by atoms with van der Waals surface area (Å²) in [5, 5.41) is 9.03. The van der Waals surface area contributed by atoms with E-state index in [1.54, 1.807) is 31.0 Å². The number of amides is 3. The summed E-state index contributed by atoms with van der Waals surface area (Å²) < 4.78 is 6.11. The van der Waals surface area contributed by atoms with Crippen molar-refractivity contribution in [3.05, 3.63) is 29.8 Å². The molecule has 1 aromatic carbocycles. The van der Waals surface area contributed by atoms with Gasteiger partial charge in [0.25, 0.3) is 0 Å². The van der Waals surface area contributed by atoms with Crippen LogP contribution in [0.5, 0.6) is 5.75 Å². The molecule has 3 fully saturated rings. The molecular formula is C28H43N7O3. The molecule has 0 saturated carbocycles. The van der Waals surface area contributed by atoms with E-state index in [0.29, 0.717) is 30.6 Å². The first kappa shape index (κ1) is 28.1. The second-order valence-electron chi connectivity index (χ2n) is 11.2. The van der Waals surface area contributed by atoms with Crippen molar-refractivity contribution in [2.45, 2.75) is 25.8 Å². The molecule has 3 heterocycles. The number of nitrogens with zero attached hydrogens (tertiary/aromatic N) is 6. The highest BCUT2D eigenvalue weighted by Crippen LogP contribution is 2.30. The molecule has 3 amide bonds. The fourth-order valence-corrected chi connectivity index (χ4v) is 6.21. The topological polar surface area (TPSA) is 109 Å². The second-order valence-corrected chi connectivity index (χ2v) is 11.2. The van der Waals surface area contributed by atoms with Crippen LogP contribution in [-0.4, -0.2) is 128 Å². The van der Waals surface area contributed by atoms with Gasteiger partial charge in [0, 0.05) is 72.9 Å². The molecule has 0 aliphatic carbocycles. The molecule has 38 heavy (non-hydrogen) atoms. The minimum Gasteiger partial charge on any atom is -0.492 e. The molecule has 10 heteroatoms. The molecule has 3 unspecified atom stereocenters. The Labute approximate surface area is 226 Å². The number of carbonyl (C=O) groups is 2. The van der Waals surface area contributed by atoms with Gasteiger partial charge in [-0.3, -0.25) is 14.6 Å². The molecule has 1 aromatic rings. The van der Waals surface area contributed by atoms with E-state index < -0.39 is 6.03 Å². The summed E-state index contributed by atoms with van der Waals surface area (Å²) >= 11 is 0. The van der Waals surface area contributed by atoms with Gasteiger partial charge in [-0.25, -0.2) is 4.79 Å². The van der Waals surface area contributed by atoms with Crippen molar-refractivity contribution >= 4 is 11.9 Å². The lowest BCUT2D eigenvalue weighted by Crippen LogP contribution is -2.58. The molecule has 3 saturated heterocycles. The van der Waals surface area contributed by atoms with E-state index >= 15 is 0 Å². The zero-order valence-corrected chi connectivity index (χ0v) is 22.9. The number of hydrogen-bond donors (Lipinski definition) is 1. The minimum absolute atomic E-state index is 0.0497. The Bertz CT molecular complexity index is 960. The third-order valence-corrected chi connectivity index (χ3v) is 8.25. The number of hydrogen-bond acceptors (Lipinski definition) is 7. The summed E-state index contributed by atoms with van der Waals surface area (Å²) in [6.07, 6.45) is 2.42. The van der Waals surface area contributed by atoms with Gasteiger partial charge < -0.3 is 25.2 Å². The first-order chi connectivity index (χ1) is 18.3. The van der Waals surface area contributed by atoms with Crippen LogP contribution in [0.2, 0.25) is 0 Å². The molecule has 4 rings (SSSR count). The van der Waals surface area contributed by atoms with Crippen LogP contribution < -0.4 is 10.5 Å². The Balaban J connectivity index is 1.26. The predicted molar refractivity (Wildman–Crippen MR) is 146 cm³/mol. The lowest BCUT2D eigenvalue weighted by atomic mass is 9.84. The van der Waals surface area contributed by atoms with Crippen molar-refractivity contribution in [2.24, 2.45) is 17.6 Å². The van der Waals surface area contributed by atoms with Gasteiger partial charge in [0.1, 0.15) is 12.4 Å². The lowest BCUT2D eigenvalue weighted by molar-refractivity contribution is -0.130. The maximum Gasteiger partial charge on any atom is 0.314 e. The molecule has 0 radical (unpaired) electrons. The third-order valence-electron chi connectivity index (χ3n) is 8.25. The van der Waals surface area contributed by atoms with Crippen molar-refractivity contribution in [1.29, 1.82) is 5.26 Å². The highest BCUT2D eigenvalue weighted by molar-refractivity contribution is 5.73. The molecule has 3 aliphatic heterocycles. The van der Waals surface area contributed by atoms with Crippen LogP contribution in [0.3, 0.4) is 0 Å². The number of fused-ring (bicyclic) bond motifs is 2. The molecule has 2 N–H and O–H groups in total. The molecule has 2 bridgehead atoms. The molecular weight excluding hydrogens is 482 g/mol.